The SMILES string of the molecule is Cc1c(Cl)cccc1OCC1CC1C(=O)N1CC2CC2c2c(-c3cnn(Cc4cccc(C(=O)O)c4)c3)cccc21. The lowest BCUT2D eigenvalue weighted by atomic mass is 9.92. The van der Waals surface area contributed by atoms with Gasteiger partial charge >= 0.3 is 5.97 Å². The average molecular weight is 568 g/mol. The molecule has 41 heavy (non-hydrogen) atoms. The van der Waals surface area contributed by atoms with E-state index in [2.05, 4.69) is 17.2 Å². The van der Waals surface area contributed by atoms with Gasteiger partial charge in [0.2, 0.25) is 5.91 Å². The van der Waals surface area contributed by atoms with Crippen LogP contribution in [0, 0.1) is 24.7 Å². The zero-order chi connectivity index (χ0) is 28.2. The van der Waals surface area contributed by atoms with Crippen molar-refractivity contribution in [2.75, 3.05) is 18.1 Å². The second kappa shape index (κ2) is 10.1. The standard InChI is InChI=1S/C33H30ClN3O4/c1-19-28(34)8-4-10-30(19)41-18-23-13-27(23)32(38)37-17-22-12-26(22)31-25(7-3-9-29(31)37)24-14-35-36(16-24)15-20-5-2-6-21(11-20)33(39)40/h2-11,14,16,22-23,26-27H,12-13,15,17-18H2,1H3,(H,39,40). The van der Waals surface area contributed by atoms with E-state index in [1.165, 1.54) is 5.56 Å². The highest BCUT2D eigenvalue weighted by molar-refractivity contribution is 6.31. The van der Waals surface area contributed by atoms with Crippen molar-refractivity contribution in [3.8, 4) is 16.9 Å². The summed E-state index contributed by atoms with van der Waals surface area (Å²) in [7, 11) is 0. The number of aromatic nitrogens is 2. The van der Waals surface area contributed by atoms with Crippen LogP contribution in [0.5, 0.6) is 5.75 Å². The molecule has 0 saturated heterocycles. The topological polar surface area (TPSA) is 84.7 Å². The Hall–Kier alpha value is -4.10. The van der Waals surface area contributed by atoms with Gasteiger partial charge in [-0.2, -0.15) is 5.10 Å². The Morgan fingerprint density at radius 3 is 2.78 bits per heavy atom. The van der Waals surface area contributed by atoms with E-state index in [9.17, 15) is 14.7 Å². The molecule has 1 N–H and O–H groups in total. The van der Waals surface area contributed by atoms with Crippen molar-refractivity contribution in [2.45, 2.75) is 32.2 Å². The Morgan fingerprint density at radius 1 is 1.10 bits per heavy atom. The minimum absolute atomic E-state index is 0.0226. The van der Waals surface area contributed by atoms with Crippen LogP contribution in [0.2, 0.25) is 5.02 Å². The molecule has 8 heteroatoms. The van der Waals surface area contributed by atoms with E-state index in [1.54, 1.807) is 18.2 Å². The van der Waals surface area contributed by atoms with Crippen LogP contribution < -0.4 is 9.64 Å². The first kappa shape index (κ1) is 25.8. The van der Waals surface area contributed by atoms with E-state index in [-0.39, 0.29) is 23.3 Å². The van der Waals surface area contributed by atoms with E-state index in [0.717, 1.165) is 53.1 Å². The van der Waals surface area contributed by atoms with Gasteiger partial charge in [0.05, 0.1) is 24.9 Å². The predicted molar refractivity (Wildman–Crippen MR) is 157 cm³/mol. The summed E-state index contributed by atoms with van der Waals surface area (Å²) in [6, 6.07) is 18.8. The molecule has 7 nitrogen and oxygen atoms in total. The Balaban J connectivity index is 1.08. The molecule has 1 aromatic heterocycles. The van der Waals surface area contributed by atoms with Crippen LogP contribution in [0.25, 0.3) is 11.1 Å². The molecule has 2 aliphatic carbocycles. The maximum atomic E-state index is 13.8. The normalized spacial score (nSPS) is 22.0. The van der Waals surface area contributed by atoms with Crippen molar-refractivity contribution in [2.24, 2.45) is 17.8 Å². The van der Waals surface area contributed by atoms with Gasteiger partial charge < -0.3 is 14.7 Å². The van der Waals surface area contributed by atoms with Crippen molar-refractivity contribution in [1.29, 1.82) is 0 Å². The molecular weight excluding hydrogens is 538 g/mol. The number of halogens is 1. The minimum atomic E-state index is -0.941. The Kier molecular flexibility index (Phi) is 6.35. The molecule has 7 rings (SSSR count). The Labute approximate surface area is 243 Å². The summed E-state index contributed by atoms with van der Waals surface area (Å²) in [6.45, 7) is 3.71. The highest BCUT2D eigenvalue weighted by Gasteiger charge is 2.52. The van der Waals surface area contributed by atoms with Crippen molar-refractivity contribution >= 4 is 29.2 Å². The lowest BCUT2D eigenvalue weighted by Crippen LogP contribution is -2.37. The van der Waals surface area contributed by atoms with Crippen LogP contribution in [0.15, 0.2) is 73.1 Å². The maximum Gasteiger partial charge on any atom is 0.335 e. The monoisotopic (exact) mass is 567 g/mol. The number of benzene rings is 3. The smallest absolute Gasteiger partial charge is 0.335 e. The molecule has 4 atom stereocenters. The molecule has 3 aliphatic rings. The highest BCUT2D eigenvalue weighted by Crippen LogP contribution is 2.58. The predicted octanol–water partition coefficient (Wildman–Crippen LogP) is 6.42. The zero-order valence-electron chi connectivity index (χ0n) is 22.7. The molecule has 4 unspecified atom stereocenters. The molecule has 2 fully saturated rings. The van der Waals surface area contributed by atoms with Crippen LogP contribution in [-0.4, -0.2) is 39.9 Å². The molecule has 208 valence electrons. The second-order valence-corrected chi connectivity index (χ2v) is 11.9. The number of hydrogen-bond donors (Lipinski definition) is 1. The molecule has 1 aliphatic heterocycles. The minimum Gasteiger partial charge on any atom is -0.493 e. The fourth-order valence-electron chi connectivity index (χ4n) is 6.23. The average Bonchev–Trinajstić information content (AvgIpc) is 3.89. The first-order chi connectivity index (χ1) is 19.9. The molecule has 3 aromatic carbocycles. The van der Waals surface area contributed by atoms with Crippen molar-refractivity contribution in [3.05, 3.63) is 100 Å². The van der Waals surface area contributed by atoms with Gasteiger partial charge in [0.25, 0.3) is 0 Å². The number of amides is 1. The molecule has 0 bridgehead atoms. The number of carboxylic acid groups (broad SMARTS) is 1. The Bertz CT molecular complexity index is 1680. The number of anilines is 1. The van der Waals surface area contributed by atoms with Crippen molar-refractivity contribution < 1.29 is 19.4 Å². The van der Waals surface area contributed by atoms with Crippen molar-refractivity contribution in [1.82, 2.24) is 9.78 Å². The third kappa shape index (κ3) is 4.88. The van der Waals surface area contributed by atoms with E-state index >= 15 is 0 Å². The van der Waals surface area contributed by atoms with Crippen LogP contribution in [-0.2, 0) is 11.3 Å². The first-order valence-electron chi connectivity index (χ1n) is 14.0. The number of hydrogen-bond acceptors (Lipinski definition) is 4. The van der Waals surface area contributed by atoms with Crippen molar-refractivity contribution in [3.63, 3.8) is 0 Å². The highest BCUT2D eigenvalue weighted by atomic mass is 35.5. The lowest BCUT2D eigenvalue weighted by Gasteiger charge is -2.31. The van der Waals surface area contributed by atoms with Gasteiger partial charge in [-0.1, -0.05) is 41.9 Å². The third-order valence-corrected chi connectivity index (χ3v) is 9.13. The number of carboxylic acids is 1. The fraction of sp³-hybridized carbons (Fsp3) is 0.303. The molecule has 1 amide bonds. The van der Waals surface area contributed by atoms with Crippen LogP contribution in [0.3, 0.4) is 0 Å². The summed E-state index contributed by atoms with van der Waals surface area (Å²) in [5.74, 6) is 1.17. The van der Waals surface area contributed by atoms with Gasteiger partial charge in [-0.3, -0.25) is 9.48 Å². The number of rotatable bonds is 8. The summed E-state index contributed by atoms with van der Waals surface area (Å²) in [6.07, 6.45) is 5.80. The lowest BCUT2D eigenvalue weighted by molar-refractivity contribution is -0.120. The number of nitrogens with zero attached hydrogens (tertiary/aromatic N) is 3. The fourth-order valence-corrected chi connectivity index (χ4v) is 6.39. The van der Waals surface area contributed by atoms with E-state index in [4.69, 9.17) is 16.3 Å². The van der Waals surface area contributed by atoms with Gasteiger partial charge in [-0.05, 0) is 78.6 Å². The summed E-state index contributed by atoms with van der Waals surface area (Å²) in [5, 5.41) is 14.6. The molecule has 2 saturated carbocycles. The number of fused-ring (bicyclic) bond motifs is 3. The Morgan fingerprint density at radius 2 is 1.93 bits per heavy atom. The summed E-state index contributed by atoms with van der Waals surface area (Å²) in [5.41, 5.74) is 6.45. The first-order valence-corrected chi connectivity index (χ1v) is 14.4. The maximum absolute atomic E-state index is 13.8. The van der Waals surface area contributed by atoms with Gasteiger partial charge in [-0.15, -0.1) is 0 Å². The van der Waals surface area contributed by atoms with Crippen LogP contribution >= 0.6 is 11.6 Å². The zero-order valence-corrected chi connectivity index (χ0v) is 23.4. The van der Waals surface area contributed by atoms with Crippen LogP contribution in [0.1, 0.15) is 45.8 Å². The van der Waals surface area contributed by atoms with E-state index in [0.29, 0.717) is 30.0 Å². The molecular formula is C33H30ClN3O4. The van der Waals surface area contributed by atoms with E-state index < -0.39 is 5.97 Å². The molecule has 0 radical (unpaired) electrons. The number of carbonyl (C=O) groups excluding carboxylic acids is 1. The van der Waals surface area contributed by atoms with Crippen LogP contribution in [0.4, 0.5) is 5.69 Å². The molecule has 0 spiro atoms. The number of aromatic carboxylic acids is 1. The summed E-state index contributed by atoms with van der Waals surface area (Å²) in [4.78, 5) is 27.1. The largest absolute Gasteiger partial charge is 0.493 e. The van der Waals surface area contributed by atoms with Gasteiger partial charge in [0, 0.05) is 46.4 Å². The number of ether oxygens (including phenoxy) is 1. The number of carbonyl (C=O) groups is 2. The van der Waals surface area contributed by atoms with Gasteiger partial charge in [-0.25, -0.2) is 4.79 Å². The summed E-state index contributed by atoms with van der Waals surface area (Å²) < 4.78 is 7.89. The second-order valence-electron chi connectivity index (χ2n) is 11.5. The van der Waals surface area contributed by atoms with Gasteiger partial charge in [0.15, 0.2) is 0 Å². The summed E-state index contributed by atoms with van der Waals surface area (Å²) >= 11 is 6.24. The quantitative estimate of drug-likeness (QED) is 0.265. The molecule has 2 heterocycles. The van der Waals surface area contributed by atoms with Gasteiger partial charge in [0.1, 0.15) is 5.75 Å². The third-order valence-electron chi connectivity index (χ3n) is 8.72. The molecule has 4 aromatic rings. The van der Waals surface area contributed by atoms with E-state index in [1.807, 2.05) is 59.2 Å².